The number of rotatable bonds is 4. The van der Waals surface area contributed by atoms with Gasteiger partial charge in [0.25, 0.3) is 0 Å². The minimum atomic E-state index is 0.0928. The molecule has 0 heterocycles. The molecule has 1 aromatic carbocycles. The van der Waals surface area contributed by atoms with Gasteiger partial charge in [0.05, 0.1) is 6.61 Å². The molecule has 3 heteroatoms. The molecular weight excluding hydrogens is 266 g/mol. The molecule has 1 fully saturated rings. The summed E-state index contributed by atoms with van der Waals surface area (Å²) >= 11 is 3.47. The highest BCUT2D eigenvalue weighted by Crippen LogP contribution is 2.59. The van der Waals surface area contributed by atoms with Crippen LogP contribution in [0, 0.1) is 5.41 Å². The predicted molar refractivity (Wildman–Crippen MR) is 69.0 cm³/mol. The van der Waals surface area contributed by atoms with E-state index < -0.39 is 0 Å². The van der Waals surface area contributed by atoms with Crippen molar-refractivity contribution in [3.05, 3.63) is 34.3 Å². The maximum absolute atomic E-state index is 5.23. The summed E-state index contributed by atoms with van der Waals surface area (Å²) in [4.78, 5) is 4.87. The fourth-order valence-electron chi connectivity index (χ4n) is 2.60. The summed E-state index contributed by atoms with van der Waals surface area (Å²) in [5.41, 5.74) is 1.75. The topological polar surface area (TPSA) is 35.2 Å². The Morgan fingerprint density at radius 3 is 2.31 bits per heavy atom. The van der Waals surface area contributed by atoms with Crippen molar-refractivity contribution in [3.63, 3.8) is 0 Å². The zero-order valence-corrected chi connectivity index (χ0v) is 11.4. The third-order valence-electron chi connectivity index (χ3n) is 3.89. The van der Waals surface area contributed by atoms with Crippen LogP contribution in [-0.2, 0) is 10.3 Å². The first-order valence-corrected chi connectivity index (χ1v) is 6.39. The van der Waals surface area contributed by atoms with Gasteiger partial charge in [-0.2, -0.15) is 0 Å². The second kappa shape index (κ2) is 4.13. The van der Waals surface area contributed by atoms with Gasteiger partial charge in [-0.05, 0) is 36.0 Å². The van der Waals surface area contributed by atoms with Crippen LogP contribution >= 0.6 is 15.9 Å². The van der Waals surface area contributed by atoms with E-state index in [0.717, 1.165) is 4.47 Å². The van der Waals surface area contributed by atoms with E-state index in [-0.39, 0.29) is 10.8 Å². The highest BCUT2D eigenvalue weighted by molar-refractivity contribution is 9.10. The SMILES string of the molecule is CC(C)(CON)C1(c2ccc(Br)cc2)CC1. The molecule has 0 aliphatic heterocycles. The lowest BCUT2D eigenvalue weighted by atomic mass is 9.72. The van der Waals surface area contributed by atoms with Crippen LogP contribution < -0.4 is 5.90 Å². The highest BCUT2D eigenvalue weighted by Gasteiger charge is 2.55. The summed E-state index contributed by atoms with van der Waals surface area (Å²) in [6, 6.07) is 8.62. The van der Waals surface area contributed by atoms with E-state index in [1.807, 2.05) is 0 Å². The van der Waals surface area contributed by atoms with Crippen molar-refractivity contribution in [3.8, 4) is 0 Å². The van der Waals surface area contributed by atoms with Crippen molar-refractivity contribution in [2.45, 2.75) is 32.1 Å². The lowest BCUT2D eigenvalue weighted by Crippen LogP contribution is -2.35. The molecule has 88 valence electrons. The summed E-state index contributed by atoms with van der Waals surface area (Å²) in [6.07, 6.45) is 2.45. The second-order valence-electron chi connectivity index (χ2n) is 5.28. The molecule has 1 aliphatic rings. The van der Waals surface area contributed by atoms with Crippen LogP contribution in [0.1, 0.15) is 32.3 Å². The Hall–Kier alpha value is -0.380. The van der Waals surface area contributed by atoms with Crippen LogP contribution in [0.15, 0.2) is 28.7 Å². The van der Waals surface area contributed by atoms with E-state index in [4.69, 9.17) is 10.7 Å². The van der Waals surface area contributed by atoms with E-state index in [1.165, 1.54) is 18.4 Å². The Morgan fingerprint density at radius 2 is 1.88 bits per heavy atom. The Morgan fingerprint density at radius 1 is 1.31 bits per heavy atom. The number of benzene rings is 1. The van der Waals surface area contributed by atoms with Crippen molar-refractivity contribution >= 4 is 15.9 Å². The van der Waals surface area contributed by atoms with Crippen LogP contribution in [0.4, 0.5) is 0 Å². The summed E-state index contributed by atoms with van der Waals surface area (Å²) in [5, 5.41) is 0. The largest absolute Gasteiger partial charge is 0.304 e. The van der Waals surface area contributed by atoms with Crippen molar-refractivity contribution in [1.82, 2.24) is 0 Å². The summed E-state index contributed by atoms with van der Waals surface area (Å²) < 4.78 is 1.12. The van der Waals surface area contributed by atoms with Gasteiger partial charge in [0.1, 0.15) is 0 Å². The molecule has 0 saturated heterocycles. The Bertz CT molecular complexity index is 368. The fraction of sp³-hybridized carbons (Fsp3) is 0.538. The van der Waals surface area contributed by atoms with E-state index in [9.17, 15) is 0 Å². The lowest BCUT2D eigenvalue weighted by molar-refractivity contribution is 0.0406. The lowest BCUT2D eigenvalue weighted by Gasteiger charge is -2.34. The van der Waals surface area contributed by atoms with Gasteiger partial charge in [-0.3, -0.25) is 0 Å². The summed E-state index contributed by atoms with van der Waals surface area (Å²) in [6.45, 7) is 5.06. The Labute approximate surface area is 105 Å². The monoisotopic (exact) mass is 283 g/mol. The van der Waals surface area contributed by atoms with Crippen molar-refractivity contribution in [2.24, 2.45) is 11.3 Å². The molecule has 2 nitrogen and oxygen atoms in total. The minimum Gasteiger partial charge on any atom is -0.304 e. The first kappa shape index (κ1) is 12.1. The van der Waals surface area contributed by atoms with E-state index in [1.54, 1.807) is 0 Å². The molecule has 0 amide bonds. The van der Waals surface area contributed by atoms with Crippen LogP contribution in [0.3, 0.4) is 0 Å². The third-order valence-corrected chi connectivity index (χ3v) is 4.42. The van der Waals surface area contributed by atoms with Gasteiger partial charge in [-0.15, -0.1) is 0 Å². The molecule has 16 heavy (non-hydrogen) atoms. The number of hydrogen-bond donors (Lipinski definition) is 1. The van der Waals surface area contributed by atoms with Crippen LogP contribution in [-0.4, -0.2) is 6.61 Å². The van der Waals surface area contributed by atoms with Gasteiger partial charge in [-0.1, -0.05) is 41.9 Å². The molecule has 1 aromatic rings. The first-order chi connectivity index (χ1) is 7.52. The van der Waals surface area contributed by atoms with E-state index in [0.29, 0.717) is 6.61 Å². The van der Waals surface area contributed by atoms with Crippen LogP contribution in [0.25, 0.3) is 0 Å². The standard InChI is InChI=1S/C13H18BrNO/c1-12(2,9-16-15)13(7-8-13)10-3-5-11(14)6-4-10/h3-6H,7-9,15H2,1-2H3. The molecule has 0 aromatic heterocycles. The molecule has 1 saturated carbocycles. The second-order valence-corrected chi connectivity index (χ2v) is 6.20. The average Bonchev–Trinajstić information content (AvgIpc) is 3.00. The summed E-state index contributed by atoms with van der Waals surface area (Å²) in [7, 11) is 0. The first-order valence-electron chi connectivity index (χ1n) is 5.60. The van der Waals surface area contributed by atoms with Gasteiger partial charge in [0, 0.05) is 9.89 Å². The smallest absolute Gasteiger partial charge is 0.0738 e. The van der Waals surface area contributed by atoms with Crippen LogP contribution in [0.5, 0.6) is 0 Å². The quantitative estimate of drug-likeness (QED) is 0.860. The maximum Gasteiger partial charge on any atom is 0.0738 e. The Kier molecular flexibility index (Phi) is 3.12. The molecular formula is C13H18BrNO. The third kappa shape index (κ3) is 1.92. The van der Waals surface area contributed by atoms with Crippen molar-refractivity contribution in [1.29, 1.82) is 0 Å². The number of hydrogen-bond acceptors (Lipinski definition) is 2. The van der Waals surface area contributed by atoms with Crippen molar-refractivity contribution in [2.75, 3.05) is 6.61 Å². The van der Waals surface area contributed by atoms with Gasteiger partial charge >= 0.3 is 0 Å². The van der Waals surface area contributed by atoms with Gasteiger partial charge in [0.15, 0.2) is 0 Å². The molecule has 0 radical (unpaired) electrons. The number of halogens is 1. The predicted octanol–water partition coefficient (Wildman–Crippen LogP) is 3.40. The van der Waals surface area contributed by atoms with E-state index >= 15 is 0 Å². The van der Waals surface area contributed by atoms with E-state index in [2.05, 4.69) is 54.0 Å². The fourth-order valence-corrected chi connectivity index (χ4v) is 2.86. The molecule has 2 N–H and O–H groups in total. The average molecular weight is 284 g/mol. The zero-order valence-electron chi connectivity index (χ0n) is 9.79. The minimum absolute atomic E-state index is 0.0928. The number of nitrogens with two attached hydrogens (primary N) is 1. The van der Waals surface area contributed by atoms with Crippen LogP contribution in [0.2, 0.25) is 0 Å². The van der Waals surface area contributed by atoms with Gasteiger partial charge in [0.2, 0.25) is 0 Å². The molecule has 2 rings (SSSR count). The van der Waals surface area contributed by atoms with Gasteiger partial charge < -0.3 is 4.84 Å². The van der Waals surface area contributed by atoms with Crippen molar-refractivity contribution < 1.29 is 4.84 Å². The van der Waals surface area contributed by atoms with Gasteiger partial charge in [-0.25, -0.2) is 5.90 Å². The maximum atomic E-state index is 5.23. The Balaban J connectivity index is 2.29. The summed E-state index contributed by atoms with van der Waals surface area (Å²) in [5.74, 6) is 5.23. The molecule has 0 unspecified atom stereocenters. The molecule has 0 atom stereocenters. The molecule has 0 bridgehead atoms. The highest BCUT2D eigenvalue weighted by atomic mass is 79.9. The molecule has 1 aliphatic carbocycles. The molecule has 0 spiro atoms. The zero-order chi connectivity index (χ0) is 11.8. The normalized spacial score (nSPS) is 18.5.